The van der Waals surface area contributed by atoms with Crippen molar-refractivity contribution in [1.29, 1.82) is 0 Å². The van der Waals surface area contributed by atoms with Crippen LogP contribution >= 0.6 is 0 Å². The van der Waals surface area contributed by atoms with Crippen LogP contribution in [0.25, 0.3) is 0 Å². The van der Waals surface area contributed by atoms with Gasteiger partial charge in [0.15, 0.2) is 15.8 Å². The molecule has 7 heteroatoms. The zero-order valence-corrected chi connectivity index (χ0v) is 19.1. The second-order valence-electron chi connectivity index (χ2n) is 7.85. The highest BCUT2D eigenvalue weighted by Crippen LogP contribution is 2.18. The second-order valence-corrected chi connectivity index (χ2v) is 9.87. The molecule has 1 unspecified atom stereocenters. The maximum absolute atomic E-state index is 11.6. The highest BCUT2D eigenvalue weighted by atomic mass is 32.2. The lowest BCUT2D eigenvalue weighted by Crippen LogP contribution is -2.44. The molecule has 0 aromatic heterocycles. The molecular formula is C22H38N4O2S. The van der Waals surface area contributed by atoms with Crippen LogP contribution < -0.4 is 10.6 Å². The molecule has 1 aromatic carbocycles. The van der Waals surface area contributed by atoms with Crippen LogP contribution in [-0.4, -0.2) is 64.3 Å². The molecule has 1 fully saturated rings. The summed E-state index contributed by atoms with van der Waals surface area (Å²) in [4.78, 5) is 7.83. The van der Waals surface area contributed by atoms with Crippen molar-refractivity contribution in [2.75, 3.05) is 39.0 Å². The van der Waals surface area contributed by atoms with E-state index in [0.29, 0.717) is 10.9 Å². The van der Waals surface area contributed by atoms with Crippen molar-refractivity contribution in [3.8, 4) is 0 Å². The van der Waals surface area contributed by atoms with E-state index in [-0.39, 0.29) is 0 Å². The van der Waals surface area contributed by atoms with Crippen LogP contribution in [0.1, 0.15) is 51.5 Å². The molecule has 1 aliphatic rings. The molecular weight excluding hydrogens is 384 g/mol. The fourth-order valence-corrected chi connectivity index (χ4v) is 4.32. The van der Waals surface area contributed by atoms with Crippen LogP contribution in [0.2, 0.25) is 0 Å². The van der Waals surface area contributed by atoms with Gasteiger partial charge in [0, 0.05) is 25.4 Å². The SMILES string of the molecule is CCCCN1CCCCC1CN=C(NCC)NCCc1ccc(S(C)(=O)=O)cc1. The zero-order chi connectivity index (χ0) is 21.1. The molecule has 0 amide bonds. The number of aliphatic imine (C=N–C) groups is 1. The van der Waals surface area contributed by atoms with E-state index in [4.69, 9.17) is 4.99 Å². The highest BCUT2D eigenvalue weighted by molar-refractivity contribution is 7.90. The first-order chi connectivity index (χ1) is 13.9. The van der Waals surface area contributed by atoms with E-state index in [1.165, 1.54) is 51.4 Å². The van der Waals surface area contributed by atoms with E-state index in [2.05, 4.69) is 29.4 Å². The van der Waals surface area contributed by atoms with Crippen molar-refractivity contribution < 1.29 is 8.42 Å². The number of unbranched alkanes of at least 4 members (excludes halogenated alkanes) is 1. The zero-order valence-electron chi connectivity index (χ0n) is 18.3. The first kappa shape index (κ1) is 23.7. The number of nitrogens with zero attached hydrogens (tertiary/aromatic N) is 2. The van der Waals surface area contributed by atoms with Gasteiger partial charge in [0.2, 0.25) is 0 Å². The lowest BCUT2D eigenvalue weighted by Gasteiger charge is -2.35. The minimum Gasteiger partial charge on any atom is -0.357 e. The van der Waals surface area contributed by atoms with Gasteiger partial charge in [-0.3, -0.25) is 9.89 Å². The fourth-order valence-electron chi connectivity index (χ4n) is 3.69. The van der Waals surface area contributed by atoms with Crippen LogP contribution in [0.15, 0.2) is 34.2 Å². The summed E-state index contributed by atoms with van der Waals surface area (Å²) in [6, 6.07) is 7.68. The maximum Gasteiger partial charge on any atom is 0.191 e. The Labute approximate surface area is 177 Å². The first-order valence-corrected chi connectivity index (χ1v) is 12.9. The molecule has 0 spiro atoms. The summed E-state index contributed by atoms with van der Waals surface area (Å²) in [5, 5.41) is 6.75. The Bertz CT molecular complexity index is 732. The molecule has 0 aliphatic carbocycles. The van der Waals surface area contributed by atoms with Crippen molar-refractivity contribution in [2.45, 2.75) is 63.3 Å². The Morgan fingerprint density at radius 2 is 1.93 bits per heavy atom. The Morgan fingerprint density at radius 3 is 2.59 bits per heavy atom. The summed E-state index contributed by atoms with van der Waals surface area (Å²) in [6.45, 7) is 9.14. The van der Waals surface area contributed by atoms with Crippen LogP contribution in [0, 0.1) is 0 Å². The highest BCUT2D eigenvalue weighted by Gasteiger charge is 2.21. The quantitative estimate of drug-likeness (QED) is 0.448. The van der Waals surface area contributed by atoms with Gasteiger partial charge in [-0.1, -0.05) is 31.9 Å². The number of hydrogen-bond acceptors (Lipinski definition) is 4. The molecule has 0 bridgehead atoms. The molecule has 2 rings (SSSR count). The molecule has 0 radical (unpaired) electrons. The normalized spacial score (nSPS) is 18.6. The smallest absolute Gasteiger partial charge is 0.191 e. The monoisotopic (exact) mass is 422 g/mol. The lowest BCUT2D eigenvalue weighted by atomic mass is 10.0. The number of sulfone groups is 1. The van der Waals surface area contributed by atoms with Gasteiger partial charge in [0.1, 0.15) is 0 Å². The van der Waals surface area contributed by atoms with Gasteiger partial charge < -0.3 is 10.6 Å². The van der Waals surface area contributed by atoms with Gasteiger partial charge in [-0.05, 0) is 63.4 Å². The number of benzene rings is 1. The summed E-state index contributed by atoms with van der Waals surface area (Å²) in [5.41, 5.74) is 1.11. The molecule has 1 aliphatic heterocycles. The molecule has 1 saturated heterocycles. The third-order valence-electron chi connectivity index (χ3n) is 5.41. The maximum atomic E-state index is 11.6. The third-order valence-corrected chi connectivity index (χ3v) is 6.54. The van der Waals surface area contributed by atoms with Crippen LogP contribution in [0.3, 0.4) is 0 Å². The fraction of sp³-hybridized carbons (Fsp3) is 0.682. The van der Waals surface area contributed by atoms with Crippen molar-refractivity contribution in [3.05, 3.63) is 29.8 Å². The Hall–Kier alpha value is -1.60. The minimum atomic E-state index is -3.14. The van der Waals surface area contributed by atoms with Crippen LogP contribution in [0.5, 0.6) is 0 Å². The van der Waals surface area contributed by atoms with E-state index in [1.807, 2.05) is 12.1 Å². The summed E-state index contributed by atoms with van der Waals surface area (Å²) in [5.74, 6) is 0.862. The summed E-state index contributed by atoms with van der Waals surface area (Å²) in [7, 11) is -3.14. The Kier molecular flexibility index (Phi) is 9.94. The van der Waals surface area contributed by atoms with E-state index < -0.39 is 9.84 Å². The largest absolute Gasteiger partial charge is 0.357 e. The van der Waals surface area contributed by atoms with Gasteiger partial charge in [-0.2, -0.15) is 0 Å². The molecule has 1 atom stereocenters. The summed E-state index contributed by atoms with van der Waals surface area (Å²) < 4.78 is 23.1. The molecule has 0 saturated carbocycles. The summed E-state index contributed by atoms with van der Waals surface area (Å²) in [6.07, 6.45) is 8.40. The topological polar surface area (TPSA) is 73.8 Å². The molecule has 1 heterocycles. The van der Waals surface area contributed by atoms with Gasteiger partial charge >= 0.3 is 0 Å². The van der Waals surface area contributed by atoms with Crippen molar-refractivity contribution in [3.63, 3.8) is 0 Å². The number of likely N-dealkylation sites (tertiary alicyclic amines) is 1. The number of rotatable bonds is 10. The van der Waals surface area contributed by atoms with E-state index in [1.54, 1.807) is 12.1 Å². The Morgan fingerprint density at radius 1 is 1.17 bits per heavy atom. The summed E-state index contributed by atoms with van der Waals surface area (Å²) >= 11 is 0. The molecule has 29 heavy (non-hydrogen) atoms. The van der Waals surface area contributed by atoms with E-state index >= 15 is 0 Å². The van der Waals surface area contributed by atoms with Crippen molar-refractivity contribution in [2.24, 2.45) is 4.99 Å². The number of guanidine groups is 1. The Balaban J connectivity index is 1.86. The van der Waals surface area contributed by atoms with Crippen LogP contribution in [0.4, 0.5) is 0 Å². The van der Waals surface area contributed by atoms with E-state index in [0.717, 1.165) is 37.6 Å². The van der Waals surface area contributed by atoms with Gasteiger partial charge in [0.25, 0.3) is 0 Å². The molecule has 6 nitrogen and oxygen atoms in total. The number of nitrogens with one attached hydrogen (secondary N) is 2. The van der Waals surface area contributed by atoms with Crippen molar-refractivity contribution in [1.82, 2.24) is 15.5 Å². The standard InChI is InChI=1S/C22H38N4O2S/c1-4-6-16-26-17-8-7-9-20(26)18-25-22(23-5-2)24-15-14-19-10-12-21(13-11-19)29(3,27)28/h10-13,20H,4-9,14-18H2,1-3H3,(H2,23,24,25). The van der Waals surface area contributed by atoms with E-state index in [9.17, 15) is 8.42 Å². The predicted octanol–water partition coefficient (Wildman–Crippen LogP) is 2.84. The minimum absolute atomic E-state index is 0.365. The third kappa shape index (κ3) is 8.34. The first-order valence-electron chi connectivity index (χ1n) is 11.0. The number of piperidine rings is 1. The van der Waals surface area contributed by atoms with Crippen LogP contribution in [-0.2, 0) is 16.3 Å². The molecule has 164 valence electrons. The van der Waals surface area contributed by atoms with Gasteiger partial charge in [0.05, 0.1) is 11.4 Å². The van der Waals surface area contributed by atoms with Gasteiger partial charge in [-0.25, -0.2) is 8.42 Å². The predicted molar refractivity (Wildman–Crippen MR) is 121 cm³/mol. The average molecular weight is 423 g/mol. The molecule has 1 aromatic rings. The van der Waals surface area contributed by atoms with Gasteiger partial charge in [-0.15, -0.1) is 0 Å². The van der Waals surface area contributed by atoms with Crippen molar-refractivity contribution >= 4 is 15.8 Å². The average Bonchev–Trinajstić information content (AvgIpc) is 2.71. The number of hydrogen-bond donors (Lipinski definition) is 2. The molecule has 2 N–H and O–H groups in total. The lowest BCUT2D eigenvalue weighted by molar-refractivity contribution is 0.151. The second kappa shape index (κ2) is 12.2.